The Bertz CT molecular complexity index is 984. The molecule has 0 radical (unpaired) electrons. The van der Waals surface area contributed by atoms with E-state index in [1.54, 1.807) is 43.3 Å². The Kier molecular flexibility index (Phi) is 5.29. The van der Waals surface area contributed by atoms with Crippen LogP contribution in [-0.4, -0.2) is 25.5 Å². The maximum Gasteiger partial charge on any atom is 0.266 e. The third-order valence-corrected chi connectivity index (χ3v) is 5.04. The fourth-order valence-electron chi connectivity index (χ4n) is 2.66. The lowest BCUT2D eigenvalue weighted by Gasteiger charge is -2.08. The zero-order chi connectivity index (χ0) is 18.7. The fraction of sp³-hybridized carbons (Fsp3) is 0.158. The molecule has 0 aliphatic rings. The second-order valence-corrected chi connectivity index (χ2v) is 6.74. The molecule has 7 heteroatoms. The summed E-state index contributed by atoms with van der Waals surface area (Å²) in [6.07, 6.45) is 0. The standard InChI is InChI=1S/C19H17FN2O3S/c1-11-17-14(20)7-4-8-15(17)26-18(11)19(24)22-13-6-3-5-12(9-13)21-16(23)10-25-2/h3-9H,10H2,1-2H3,(H,21,23)(H,22,24). The molecule has 134 valence electrons. The van der Waals surface area contributed by atoms with Crippen molar-refractivity contribution in [3.8, 4) is 0 Å². The first-order chi connectivity index (χ1) is 12.5. The van der Waals surface area contributed by atoms with Crippen LogP contribution in [-0.2, 0) is 9.53 Å². The van der Waals surface area contributed by atoms with Crippen LogP contribution in [0.1, 0.15) is 15.2 Å². The van der Waals surface area contributed by atoms with Gasteiger partial charge < -0.3 is 15.4 Å². The Morgan fingerprint density at radius 1 is 1.12 bits per heavy atom. The number of aryl methyl sites for hydroxylation is 1. The molecule has 0 atom stereocenters. The van der Waals surface area contributed by atoms with Gasteiger partial charge in [0.1, 0.15) is 12.4 Å². The van der Waals surface area contributed by atoms with Crippen molar-refractivity contribution in [2.45, 2.75) is 6.92 Å². The van der Waals surface area contributed by atoms with Gasteiger partial charge in [0.15, 0.2) is 0 Å². The van der Waals surface area contributed by atoms with Crippen molar-refractivity contribution >= 4 is 44.6 Å². The quantitative estimate of drug-likeness (QED) is 0.706. The Morgan fingerprint density at radius 2 is 1.81 bits per heavy atom. The summed E-state index contributed by atoms with van der Waals surface area (Å²) in [6.45, 7) is 1.68. The van der Waals surface area contributed by atoms with E-state index in [4.69, 9.17) is 4.74 Å². The minimum Gasteiger partial charge on any atom is -0.375 e. The van der Waals surface area contributed by atoms with Crippen LogP contribution < -0.4 is 10.6 Å². The molecule has 0 aliphatic heterocycles. The summed E-state index contributed by atoms with van der Waals surface area (Å²) in [6, 6.07) is 11.6. The van der Waals surface area contributed by atoms with E-state index in [0.29, 0.717) is 27.2 Å². The number of carbonyl (C=O) groups is 2. The maximum atomic E-state index is 14.0. The summed E-state index contributed by atoms with van der Waals surface area (Å²) >= 11 is 1.25. The molecule has 0 fully saturated rings. The molecule has 0 spiro atoms. The summed E-state index contributed by atoms with van der Waals surface area (Å²) in [5.74, 6) is -0.937. The number of benzene rings is 2. The molecular formula is C19H17FN2O3S. The highest BCUT2D eigenvalue weighted by atomic mass is 32.1. The second kappa shape index (κ2) is 7.63. The molecule has 3 rings (SSSR count). The number of hydrogen-bond acceptors (Lipinski definition) is 4. The van der Waals surface area contributed by atoms with Crippen LogP contribution in [0.15, 0.2) is 42.5 Å². The highest BCUT2D eigenvalue weighted by Crippen LogP contribution is 2.33. The Labute approximate surface area is 153 Å². The van der Waals surface area contributed by atoms with Gasteiger partial charge in [-0.2, -0.15) is 0 Å². The summed E-state index contributed by atoms with van der Waals surface area (Å²) in [7, 11) is 1.44. The van der Waals surface area contributed by atoms with Crippen molar-refractivity contribution < 1.29 is 18.7 Å². The number of halogens is 1. The zero-order valence-corrected chi connectivity index (χ0v) is 15.1. The molecule has 0 bridgehead atoms. The van der Waals surface area contributed by atoms with Crippen LogP contribution in [0.5, 0.6) is 0 Å². The van der Waals surface area contributed by atoms with Crippen LogP contribution in [0, 0.1) is 12.7 Å². The lowest BCUT2D eigenvalue weighted by molar-refractivity contribution is -0.119. The van der Waals surface area contributed by atoms with Gasteiger partial charge in [-0.1, -0.05) is 12.1 Å². The average Bonchev–Trinajstić information content (AvgIpc) is 2.93. The number of rotatable bonds is 5. The molecule has 0 unspecified atom stereocenters. The molecule has 3 aromatic rings. The number of fused-ring (bicyclic) bond motifs is 1. The van der Waals surface area contributed by atoms with Crippen molar-refractivity contribution in [2.24, 2.45) is 0 Å². The minimum atomic E-state index is -0.335. The molecule has 5 nitrogen and oxygen atoms in total. The molecule has 0 saturated carbocycles. The Balaban J connectivity index is 1.81. The third-order valence-electron chi connectivity index (χ3n) is 3.79. The highest BCUT2D eigenvalue weighted by Gasteiger charge is 2.18. The normalized spacial score (nSPS) is 10.7. The molecular weight excluding hydrogens is 355 g/mol. The van der Waals surface area contributed by atoms with Crippen LogP contribution in [0.25, 0.3) is 10.1 Å². The molecule has 0 saturated heterocycles. The average molecular weight is 372 g/mol. The first-order valence-corrected chi connectivity index (χ1v) is 8.69. The van der Waals surface area contributed by atoms with E-state index in [0.717, 1.165) is 4.70 Å². The van der Waals surface area contributed by atoms with E-state index >= 15 is 0 Å². The molecule has 2 amide bonds. The van der Waals surface area contributed by atoms with E-state index in [1.165, 1.54) is 24.5 Å². The number of hydrogen-bond donors (Lipinski definition) is 2. The third kappa shape index (κ3) is 3.74. The largest absolute Gasteiger partial charge is 0.375 e. The first-order valence-electron chi connectivity index (χ1n) is 7.87. The highest BCUT2D eigenvalue weighted by molar-refractivity contribution is 7.21. The number of methoxy groups -OCH3 is 1. The smallest absolute Gasteiger partial charge is 0.266 e. The number of thiophene rings is 1. The maximum absolute atomic E-state index is 14.0. The molecule has 1 heterocycles. The van der Waals surface area contributed by atoms with Gasteiger partial charge in [-0.05, 0) is 42.8 Å². The topological polar surface area (TPSA) is 67.4 Å². The van der Waals surface area contributed by atoms with Crippen LogP contribution in [0.3, 0.4) is 0 Å². The molecule has 0 aliphatic carbocycles. The van der Waals surface area contributed by atoms with E-state index in [1.807, 2.05) is 0 Å². The van der Waals surface area contributed by atoms with Gasteiger partial charge in [0.2, 0.25) is 5.91 Å². The fourth-order valence-corrected chi connectivity index (χ4v) is 3.78. The lowest BCUT2D eigenvalue weighted by atomic mass is 10.1. The summed E-state index contributed by atoms with van der Waals surface area (Å²) in [4.78, 5) is 24.7. The van der Waals surface area contributed by atoms with Crippen LogP contribution >= 0.6 is 11.3 Å². The molecule has 26 heavy (non-hydrogen) atoms. The number of carbonyl (C=O) groups excluding carboxylic acids is 2. The predicted octanol–water partition coefficient (Wildman–Crippen LogP) is 4.19. The minimum absolute atomic E-state index is 0.0525. The van der Waals surface area contributed by atoms with Gasteiger partial charge in [-0.3, -0.25) is 9.59 Å². The van der Waals surface area contributed by atoms with E-state index in [-0.39, 0.29) is 24.2 Å². The number of anilines is 2. The second-order valence-electron chi connectivity index (χ2n) is 5.69. The van der Waals surface area contributed by atoms with Gasteiger partial charge in [-0.15, -0.1) is 11.3 Å². The van der Waals surface area contributed by atoms with Gasteiger partial charge >= 0.3 is 0 Å². The van der Waals surface area contributed by atoms with Crippen LogP contribution in [0.2, 0.25) is 0 Å². The lowest BCUT2D eigenvalue weighted by Crippen LogP contribution is -2.17. The van der Waals surface area contributed by atoms with Gasteiger partial charge in [0.05, 0.1) is 4.88 Å². The van der Waals surface area contributed by atoms with Gasteiger partial charge in [0.25, 0.3) is 5.91 Å². The van der Waals surface area contributed by atoms with Crippen molar-refractivity contribution in [3.63, 3.8) is 0 Å². The van der Waals surface area contributed by atoms with Crippen molar-refractivity contribution in [1.29, 1.82) is 0 Å². The number of ether oxygens (including phenoxy) is 1. The SMILES string of the molecule is COCC(=O)Nc1cccc(NC(=O)c2sc3cccc(F)c3c2C)c1. The molecule has 1 aromatic heterocycles. The van der Waals surface area contributed by atoms with E-state index < -0.39 is 0 Å². The Morgan fingerprint density at radius 3 is 2.50 bits per heavy atom. The van der Waals surface area contributed by atoms with Crippen molar-refractivity contribution in [3.05, 3.63) is 58.7 Å². The van der Waals surface area contributed by atoms with Gasteiger partial charge in [0, 0.05) is 28.6 Å². The Hall–Kier alpha value is -2.77. The van der Waals surface area contributed by atoms with Gasteiger partial charge in [-0.25, -0.2) is 4.39 Å². The summed E-state index contributed by atoms with van der Waals surface area (Å²) in [5.41, 5.74) is 1.69. The number of nitrogens with one attached hydrogen (secondary N) is 2. The monoisotopic (exact) mass is 372 g/mol. The molecule has 2 aromatic carbocycles. The van der Waals surface area contributed by atoms with Crippen molar-refractivity contribution in [2.75, 3.05) is 24.4 Å². The number of amides is 2. The van der Waals surface area contributed by atoms with Crippen LogP contribution in [0.4, 0.5) is 15.8 Å². The summed E-state index contributed by atoms with van der Waals surface area (Å²) in [5, 5.41) is 5.94. The summed E-state index contributed by atoms with van der Waals surface area (Å²) < 4.78 is 19.5. The zero-order valence-electron chi connectivity index (χ0n) is 14.3. The van der Waals surface area contributed by atoms with E-state index in [9.17, 15) is 14.0 Å². The molecule has 2 N–H and O–H groups in total. The first kappa shape index (κ1) is 18.0. The van der Waals surface area contributed by atoms with E-state index in [2.05, 4.69) is 10.6 Å². The van der Waals surface area contributed by atoms with Crippen molar-refractivity contribution in [1.82, 2.24) is 0 Å². The predicted molar refractivity (Wildman–Crippen MR) is 101 cm³/mol.